The molecule has 2 atom stereocenters. The fourth-order valence-electron chi connectivity index (χ4n) is 1.13. The second-order valence-corrected chi connectivity index (χ2v) is 4.28. The molecule has 0 aromatic rings. The summed E-state index contributed by atoms with van der Waals surface area (Å²) in [6.07, 6.45) is 3.03. The van der Waals surface area contributed by atoms with E-state index in [0.29, 0.717) is 18.6 Å². The van der Waals surface area contributed by atoms with E-state index < -0.39 is 5.79 Å². The minimum Gasteiger partial charge on any atom is -0.376 e. The Morgan fingerprint density at radius 1 is 1.29 bits per heavy atom. The van der Waals surface area contributed by atoms with Crippen LogP contribution in [0.15, 0.2) is 12.7 Å². The van der Waals surface area contributed by atoms with Gasteiger partial charge in [0.2, 0.25) is 0 Å². The molecule has 0 radical (unpaired) electrons. The molecular formula is C12H22O5. The van der Waals surface area contributed by atoms with E-state index in [2.05, 4.69) is 6.58 Å². The summed E-state index contributed by atoms with van der Waals surface area (Å²) in [5, 5.41) is 17.5. The van der Waals surface area contributed by atoms with Gasteiger partial charge in [0.1, 0.15) is 12.2 Å². The lowest BCUT2D eigenvalue weighted by molar-refractivity contribution is -0.122. The van der Waals surface area contributed by atoms with Gasteiger partial charge in [0.15, 0.2) is 5.79 Å². The van der Waals surface area contributed by atoms with Gasteiger partial charge in [0, 0.05) is 6.42 Å². The van der Waals surface area contributed by atoms with Crippen LogP contribution in [0.4, 0.5) is 0 Å². The second kappa shape index (κ2) is 7.08. The van der Waals surface area contributed by atoms with Gasteiger partial charge in [-0.3, -0.25) is 0 Å². The lowest BCUT2D eigenvalue weighted by atomic mass is 10.1. The zero-order valence-electron chi connectivity index (χ0n) is 10.3. The molecule has 2 aliphatic heterocycles. The summed E-state index contributed by atoms with van der Waals surface area (Å²) in [5.74, 6) is -1.64. The van der Waals surface area contributed by atoms with E-state index in [1.807, 2.05) is 6.92 Å². The van der Waals surface area contributed by atoms with Crippen molar-refractivity contribution in [3.8, 4) is 0 Å². The van der Waals surface area contributed by atoms with Crippen LogP contribution in [0.2, 0.25) is 0 Å². The van der Waals surface area contributed by atoms with Gasteiger partial charge >= 0.3 is 0 Å². The fraction of sp³-hybridized carbons (Fsp3) is 0.833. The van der Waals surface area contributed by atoms with Crippen LogP contribution >= 0.6 is 0 Å². The van der Waals surface area contributed by atoms with Gasteiger partial charge in [-0.15, -0.1) is 0 Å². The third-order valence-electron chi connectivity index (χ3n) is 2.36. The maximum Gasteiger partial charge on any atom is 0.182 e. The average Bonchev–Trinajstić information content (AvgIpc) is 3.13. The van der Waals surface area contributed by atoms with Crippen molar-refractivity contribution in [3.63, 3.8) is 0 Å². The minimum atomic E-state index is -1.64. The van der Waals surface area contributed by atoms with E-state index in [9.17, 15) is 0 Å². The topological polar surface area (TPSA) is 74.8 Å². The van der Waals surface area contributed by atoms with Crippen molar-refractivity contribution in [2.75, 3.05) is 26.4 Å². The van der Waals surface area contributed by atoms with E-state index >= 15 is 0 Å². The number of aliphatic hydroxyl groups is 2. The molecule has 2 fully saturated rings. The molecule has 0 amide bonds. The monoisotopic (exact) mass is 246 g/mol. The van der Waals surface area contributed by atoms with Crippen molar-refractivity contribution in [1.82, 2.24) is 0 Å². The third-order valence-corrected chi connectivity index (χ3v) is 2.36. The highest BCUT2D eigenvalue weighted by molar-refractivity contribution is 4.84. The maximum atomic E-state index is 8.76. The van der Waals surface area contributed by atoms with Gasteiger partial charge in [-0.1, -0.05) is 19.9 Å². The zero-order valence-corrected chi connectivity index (χ0v) is 10.3. The van der Waals surface area contributed by atoms with Crippen LogP contribution in [0.3, 0.4) is 0 Å². The molecule has 2 N–H and O–H groups in total. The van der Waals surface area contributed by atoms with Crippen LogP contribution in [0.1, 0.15) is 19.8 Å². The normalized spacial score (nSPS) is 25.8. The van der Waals surface area contributed by atoms with E-state index in [1.54, 1.807) is 0 Å². The van der Waals surface area contributed by atoms with Gasteiger partial charge in [-0.2, -0.15) is 0 Å². The maximum absolute atomic E-state index is 8.76. The molecule has 100 valence electrons. The molecule has 0 spiro atoms. The molecule has 0 bridgehead atoms. The Hall–Kier alpha value is -0.460. The highest BCUT2D eigenvalue weighted by Crippen LogP contribution is 2.12. The van der Waals surface area contributed by atoms with Gasteiger partial charge in [-0.25, -0.2) is 0 Å². The molecule has 2 rings (SSSR count). The van der Waals surface area contributed by atoms with E-state index in [0.717, 1.165) is 38.9 Å². The Morgan fingerprint density at radius 2 is 1.76 bits per heavy atom. The van der Waals surface area contributed by atoms with Crippen molar-refractivity contribution in [2.45, 2.75) is 37.8 Å². The van der Waals surface area contributed by atoms with E-state index in [-0.39, 0.29) is 0 Å². The summed E-state index contributed by atoms with van der Waals surface area (Å²) in [7, 11) is 0. The summed E-state index contributed by atoms with van der Waals surface area (Å²) >= 11 is 0. The number of rotatable bonds is 7. The fourth-order valence-corrected chi connectivity index (χ4v) is 1.13. The number of epoxide rings is 2. The van der Waals surface area contributed by atoms with Crippen LogP contribution in [0.5, 0.6) is 0 Å². The van der Waals surface area contributed by atoms with Crippen LogP contribution in [-0.2, 0) is 14.2 Å². The standard InChI is InChI=1S/C6H10O3.C6H12O2/c1(5-3-8-5)7-2-6-4-9-6;1-3-5-6(7,8)4-2/h5-6H,1-4H2;4,7-8H,2-3,5H2,1H3. The lowest BCUT2D eigenvalue weighted by Crippen LogP contribution is -2.23. The zero-order chi connectivity index (χ0) is 12.7. The molecule has 17 heavy (non-hydrogen) atoms. The molecule has 2 aliphatic rings. The first-order chi connectivity index (χ1) is 8.07. The molecule has 5 nitrogen and oxygen atoms in total. The van der Waals surface area contributed by atoms with Gasteiger partial charge in [0.25, 0.3) is 0 Å². The van der Waals surface area contributed by atoms with Crippen molar-refractivity contribution in [1.29, 1.82) is 0 Å². The Kier molecular flexibility index (Phi) is 6.08. The first-order valence-corrected chi connectivity index (χ1v) is 5.96. The molecule has 0 saturated carbocycles. The van der Waals surface area contributed by atoms with Crippen molar-refractivity contribution in [3.05, 3.63) is 12.7 Å². The quantitative estimate of drug-likeness (QED) is 0.387. The van der Waals surface area contributed by atoms with E-state index in [4.69, 9.17) is 24.4 Å². The van der Waals surface area contributed by atoms with Gasteiger partial charge < -0.3 is 24.4 Å². The Balaban J connectivity index is 0.000000172. The largest absolute Gasteiger partial charge is 0.376 e. The summed E-state index contributed by atoms with van der Waals surface area (Å²) in [4.78, 5) is 0. The highest BCUT2D eigenvalue weighted by atomic mass is 16.6. The molecule has 2 unspecified atom stereocenters. The number of hydrogen-bond donors (Lipinski definition) is 2. The smallest absolute Gasteiger partial charge is 0.182 e. The molecule has 0 aliphatic carbocycles. The SMILES string of the molecule is C(OCC1CO1)C1CO1.C=CC(O)(O)CCC. The Labute approximate surface area is 102 Å². The van der Waals surface area contributed by atoms with E-state index in [1.165, 1.54) is 0 Å². The highest BCUT2D eigenvalue weighted by Gasteiger charge is 2.26. The molecule has 2 heterocycles. The van der Waals surface area contributed by atoms with Crippen molar-refractivity contribution in [2.24, 2.45) is 0 Å². The first kappa shape index (κ1) is 14.6. The predicted molar refractivity (Wildman–Crippen MR) is 62.6 cm³/mol. The number of ether oxygens (including phenoxy) is 3. The van der Waals surface area contributed by atoms with Crippen LogP contribution in [0, 0.1) is 0 Å². The summed E-state index contributed by atoms with van der Waals surface area (Å²) < 4.78 is 15.1. The Morgan fingerprint density at radius 3 is 2.00 bits per heavy atom. The average molecular weight is 246 g/mol. The summed E-state index contributed by atoms with van der Waals surface area (Å²) in [5.41, 5.74) is 0. The van der Waals surface area contributed by atoms with Crippen LogP contribution < -0.4 is 0 Å². The summed E-state index contributed by atoms with van der Waals surface area (Å²) in [6.45, 7) is 8.39. The van der Waals surface area contributed by atoms with Crippen LogP contribution in [-0.4, -0.2) is 54.6 Å². The third kappa shape index (κ3) is 8.29. The lowest BCUT2D eigenvalue weighted by Gasteiger charge is -2.14. The minimum absolute atomic E-state index is 0.358. The van der Waals surface area contributed by atoms with Gasteiger partial charge in [0.05, 0.1) is 26.4 Å². The van der Waals surface area contributed by atoms with Crippen molar-refractivity contribution < 1.29 is 24.4 Å². The van der Waals surface area contributed by atoms with Gasteiger partial charge in [-0.05, 0) is 6.08 Å². The van der Waals surface area contributed by atoms with Crippen LogP contribution in [0.25, 0.3) is 0 Å². The van der Waals surface area contributed by atoms with Crippen molar-refractivity contribution >= 4 is 0 Å². The molecule has 0 aromatic carbocycles. The number of hydrogen-bond acceptors (Lipinski definition) is 5. The summed E-state index contributed by atoms with van der Waals surface area (Å²) in [6, 6.07) is 0. The predicted octanol–water partition coefficient (Wildman–Crippen LogP) is 0.454. The Bertz CT molecular complexity index is 209. The molecule has 2 saturated heterocycles. The molecule has 5 heteroatoms. The second-order valence-electron chi connectivity index (χ2n) is 4.28. The molecular weight excluding hydrogens is 224 g/mol. The first-order valence-electron chi connectivity index (χ1n) is 5.96. The molecule has 0 aromatic heterocycles.